The molecule has 0 spiro atoms. The van der Waals surface area contributed by atoms with Gasteiger partial charge in [-0.25, -0.2) is 4.68 Å². The summed E-state index contributed by atoms with van der Waals surface area (Å²) in [5.74, 6) is -0.283. The molecule has 3 aromatic rings. The molecule has 0 atom stereocenters. The minimum Gasteiger partial charge on any atom is -0.506 e. The number of carbonyl (C=O) groups excluding carboxylic acids is 1. The number of fused-ring (bicyclic) bond motifs is 1. The van der Waals surface area contributed by atoms with Crippen molar-refractivity contribution in [3.63, 3.8) is 0 Å². The van der Waals surface area contributed by atoms with Crippen LogP contribution in [0, 0.1) is 12.8 Å². The fraction of sp³-hybridized carbons (Fsp3) is 0.250. The van der Waals surface area contributed by atoms with E-state index in [0.717, 1.165) is 5.56 Å². The van der Waals surface area contributed by atoms with E-state index in [0.29, 0.717) is 23.0 Å². The standard InChI is InChI=1S/C20H21N3O3/c1-12(2)11-23-20(26)15-7-5-4-6-14(15)18(22-23)19(25)21-16-9-8-13(3)10-17(16)24/h4-10,12,24H,11H2,1-3H3,(H,21,25). The van der Waals surface area contributed by atoms with E-state index < -0.39 is 5.91 Å². The maximum atomic E-state index is 12.8. The average Bonchev–Trinajstić information content (AvgIpc) is 2.59. The van der Waals surface area contributed by atoms with Crippen LogP contribution in [0.1, 0.15) is 29.9 Å². The Bertz CT molecular complexity index is 1040. The van der Waals surface area contributed by atoms with Crippen molar-refractivity contribution in [3.8, 4) is 5.75 Å². The molecule has 0 fully saturated rings. The lowest BCUT2D eigenvalue weighted by molar-refractivity contribution is 0.102. The van der Waals surface area contributed by atoms with Crippen LogP contribution in [-0.2, 0) is 6.54 Å². The molecule has 1 aromatic heterocycles. The van der Waals surface area contributed by atoms with Gasteiger partial charge >= 0.3 is 0 Å². The zero-order valence-corrected chi connectivity index (χ0v) is 15.0. The summed E-state index contributed by atoms with van der Waals surface area (Å²) in [5.41, 5.74) is 1.12. The topological polar surface area (TPSA) is 84.2 Å². The Balaban J connectivity index is 2.09. The number of nitrogens with one attached hydrogen (secondary N) is 1. The molecule has 2 aromatic carbocycles. The summed E-state index contributed by atoms with van der Waals surface area (Å²) in [7, 11) is 0. The molecule has 0 saturated carbocycles. The van der Waals surface area contributed by atoms with Gasteiger partial charge in [0.25, 0.3) is 11.5 Å². The summed E-state index contributed by atoms with van der Waals surface area (Å²) in [6, 6.07) is 11.9. The number of phenols is 1. The molecule has 1 amide bonds. The Hall–Kier alpha value is -3.15. The Morgan fingerprint density at radius 2 is 1.88 bits per heavy atom. The SMILES string of the molecule is Cc1ccc(NC(=O)c2nn(CC(C)C)c(=O)c3ccccc23)c(O)c1. The molecular weight excluding hydrogens is 330 g/mol. The first-order chi connectivity index (χ1) is 12.4. The van der Waals surface area contributed by atoms with Gasteiger partial charge in [0, 0.05) is 11.9 Å². The van der Waals surface area contributed by atoms with E-state index in [-0.39, 0.29) is 22.9 Å². The second-order valence-corrected chi connectivity index (χ2v) is 6.75. The number of aromatic nitrogens is 2. The molecule has 0 aliphatic rings. The Morgan fingerprint density at radius 3 is 2.54 bits per heavy atom. The number of carbonyl (C=O) groups is 1. The van der Waals surface area contributed by atoms with Crippen LogP contribution in [-0.4, -0.2) is 20.8 Å². The molecule has 0 unspecified atom stereocenters. The van der Waals surface area contributed by atoms with Crippen LogP contribution in [0.3, 0.4) is 0 Å². The molecule has 6 nitrogen and oxygen atoms in total. The largest absolute Gasteiger partial charge is 0.506 e. The Labute approximate surface area is 151 Å². The molecule has 26 heavy (non-hydrogen) atoms. The van der Waals surface area contributed by atoms with E-state index in [1.165, 1.54) is 4.68 Å². The van der Waals surface area contributed by atoms with Crippen molar-refractivity contribution in [3.05, 3.63) is 64.1 Å². The number of amides is 1. The normalized spacial score (nSPS) is 11.1. The van der Waals surface area contributed by atoms with Crippen molar-refractivity contribution in [2.75, 3.05) is 5.32 Å². The molecule has 134 valence electrons. The van der Waals surface area contributed by atoms with Crippen LogP contribution in [0.25, 0.3) is 10.8 Å². The quantitative estimate of drug-likeness (QED) is 0.706. The third-order valence-electron chi connectivity index (χ3n) is 4.02. The van der Waals surface area contributed by atoms with E-state index in [4.69, 9.17) is 0 Å². The van der Waals surface area contributed by atoms with Crippen molar-refractivity contribution in [1.82, 2.24) is 9.78 Å². The van der Waals surface area contributed by atoms with Gasteiger partial charge in [-0.2, -0.15) is 5.10 Å². The highest BCUT2D eigenvalue weighted by Crippen LogP contribution is 2.25. The lowest BCUT2D eigenvalue weighted by atomic mass is 10.1. The summed E-state index contributed by atoms with van der Waals surface area (Å²) in [6.45, 7) is 6.22. The maximum Gasteiger partial charge on any atom is 0.276 e. The van der Waals surface area contributed by atoms with Crippen molar-refractivity contribution in [2.24, 2.45) is 5.92 Å². The third-order valence-corrected chi connectivity index (χ3v) is 4.02. The molecule has 0 radical (unpaired) electrons. The number of nitrogens with zero attached hydrogens (tertiary/aromatic N) is 2. The summed E-state index contributed by atoms with van der Waals surface area (Å²) >= 11 is 0. The Kier molecular flexibility index (Phi) is 4.75. The predicted octanol–water partition coefficient (Wildman–Crippen LogP) is 3.32. The van der Waals surface area contributed by atoms with Gasteiger partial charge in [0.1, 0.15) is 5.75 Å². The van der Waals surface area contributed by atoms with E-state index >= 15 is 0 Å². The van der Waals surface area contributed by atoms with Crippen LogP contribution in [0.2, 0.25) is 0 Å². The fourth-order valence-electron chi connectivity index (χ4n) is 2.80. The molecule has 2 N–H and O–H groups in total. The molecule has 0 saturated heterocycles. The van der Waals surface area contributed by atoms with Crippen LogP contribution in [0.5, 0.6) is 5.75 Å². The predicted molar refractivity (Wildman–Crippen MR) is 102 cm³/mol. The number of anilines is 1. The van der Waals surface area contributed by atoms with Gasteiger partial charge in [-0.15, -0.1) is 0 Å². The van der Waals surface area contributed by atoms with Gasteiger partial charge in [0.05, 0.1) is 11.1 Å². The monoisotopic (exact) mass is 351 g/mol. The van der Waals surface area contributed by atoms with E-state index in [1.807, 2.05) is 20.8 Å². The first-order valence-corrected chi connectivity index (χ1v) is 8.47. The van der Waals surface area contributed by atoms with Gasteiger partial charge in [-0.1, -0.05) is 38.1 Å². The number of aryl methyl sites for hydroxylation is 1. The molecule has 6 heteroatoms. The number of hydrogen-bond acceptors (Lipinski definition) is 4. The van der Waals surface area contributed by atoms with Gasteiger partial charge in [0.2, 0.25) is 0 Å². The number of rotatable bonds is 4. The smallest absolute Gasteiger partial charge is 0.276 e. The Morgan fingerprint density at radius 1 is 1.19 bits per heavy atom. The van der Waals surface area contributed by atoms with Crippen LogP contribution in [0.15, 0.2) is 47.3 Å². The average molecular weight is 351 g/mol. The highest BCUT2D eigenvalue weighted by Gasteiger charge is 2.18. The van der Waals surface area contributed by atoms with Gasteiger partial charge < -0.3 is 10.4 Å². The number of phenolic OH excluding ortho intramolecular Hbond substituents is 1. The minimum atomic E-state index is -0.474. The fourth-order valence-corrected chi connectivity index (χ4v) is 2.80. The van der Waals surface area contributed by atoms with Crippen molar-refractivity contribution in [2.45, 2.75) is 27.3 Å². The number of hydrogen-bond donors (Lipinski definition) is 2. The van der Waals surface area contributed by atoms with Gasteiger partial charge in [0.15, 0.2) is 5.69 Å². The molecule has 3 rings (SSSR count). The molecule has 0 aliphatic carbocycles. The van der Waals surface area contributed by atoms with Crippen LogP contribution < -0.4 is 10.9 Å². The second-order valence-electron chi connectivity index (χ2n) is 6.75. The molecule has 1 heterocycles. The highest BCUT2D eigenvalue weighted by molar-refractivity contribution is 6.11. The zero-order chi connectivity index (χ0) is 18.8. The number of aromatic hydroxyl groups is 1. The molecule has 0 bridgehead atoms. The lowest BCUT2D eigenvalue weighted by Gasteiger charge is -2.13. The summed E-state index contributed by atoms with van der Waals surface area (Å²) in [6.07, 6.45) is 0. The second kappa shape index (κ2) is 7.00. The minimum absolute atomic E-state index is 0.0156. The highest BCUT2D eigenvalue weighted by atomic mass is 16.3. The zero-order valence-electron chi connectivity index (χ0n) is 15.0. The lowest BCUT2D eigenvalue weighted by Crippen LogP contribution is -2.29. The third kappa shape index (κ3) is 3.44. The summed E-state index contributed by atoms with van der Waals surface area (Å²) < 4.78 is 1.33. The van der Waals surface area contributed by atoms with Crippen LogP contribution >= 0.6 is 0 Å². The molecular formula is C20H21N3O3. The van der Waals surface area contributed by atoms with Crippen molar-refractivity contribution >= 4 is 22.4 Å². The van der Waals surface area contributed by atoms with Gasteiger partial charge in [-0.3, -0.25) is 9.59 Å². The van der Waals surface area contributed by atoms with Crippen molar-refractivity contribution < 1.29 is 9.90 Å². The van der Waals surface area contributed by atoms with Crippen molar-refractivity contribution in [1.29, 1.82) is 0 Å². The van der Waals surface area contributed by atoms with E-state index in [2.05, 4.69) is 10.4 Å². The first-order valence-electron chi connectivity index (χ1n) is 8.47. The number of benzene rings is 2. The first kappa shape index (κ1) is 17.7. The van der Waals surface area contributed by atoms with Gasteiger partial charge in [-0.05, 0) is 36.6 Å². The van der Waals surface area contributed by atoms with E-state index in [9.17, 15) is 14.7 Å². The van der Waals surface area contributed by atoms with Crippen LogP contribution in [0.4, 0.5) is 5.69 Å². The molecule has 0 aliphatic heterocycles. The summed E-state index contributed by atoms with van der Waals surface area (Å²) in [5, 5.41) is 17.9. The maximum absolute atomic E-state index is 12.8. The summed E-state index contributed by atoms with van der Waals surface area (Å²) in [4.78, 5) is 25.4. The van der Waals surface area contributed by atoms with E-state index in [1.54, 1.807) is 42.5 Å².